The van der Waals surface area contributed by atoms with Crippen molar-refractivity contribution in [1.29, 1.82) is 0 Å². The van der Waals surface area contributed by atoms with Gasteiger partial charge in [0.2, 0.25) is 11.7 Å². The predicted octanol–water partition coefficient (Wildman–Crippen LogP) is 1.83. The minimum atomic E-state index is -1.15. The maximum absolute atomic E-state index is 11.7. The van der Waals surface area contributed by atoms with Crippen LogP contribution in [0.1, 0.15) is 26.2 Å². The summed E-state index contributed by atoms with van der Waals surface area (Å²) in [4.78, 5) is 28.0. The summed E-state index contributed by atoms with van der Waals surface area (Å²) in [7, 11) is 1.41. The van der Waals surface area contributed by atoms with Gasteiger partial charge in [-0.3, -0.25) is 10.1 Å². The molecule has 0 aromatic carbocycles. The zero-order chi connectivity index (χ0) is 15.6. The molecule has 1 aliphatic heterocycles. The molecule has 21 heavy (non-hydrogen) atoms. The van der Waals surface area contributed by atoms with Gasteiger partial charge in [-0.1, -0.05) is 6.92 Å². The molecule has 1 N–H and O–H groups in total. The van der Waals surface area contributed by atoms with E-state index >= 15 is 0 Å². The van der Waals surface area contributed by atoms with Crippen molar-refractivity contribution in [2.45, 2.75) is 31.7 Å². The first-order valence-electron chi connectivity index (χ1n) is 6.66. The van der Waals surface area contributed by atoms with E-state index in [0.717, 1.165) is 0 Å². The van der Waals surface area contributed by atoms with E-state index in [1.54, 1.807) is 6.92 Å². The maximum atomic E-state index is 11.7. The molecule has 1 unspecified atom stereocenters. The van der Waals surface area contributed by atoms with Gasteiger partial charge in [0.15, 0.2) is 0 Å². The van der Waals surface area contributed by atoms with Gasteiger partial charge in [0.25, 0.3) is 0 Å². The largest absolute Gasteiger partial charge is 0.481 e. The van der Waals surface area contributed by atoms with E-state index in [2.05, 4.69) is 4.98 Å². The molecule has 0 spiro atoms. The second-order valence-electron chi connectivity index (χ2n) is 4.90. The fourth-order valence-corrected chi connectivity index (χ4v) is 2.81. The zero-order valence-corrected chi connectivity index (χ0v) is 11.9. The van der Waals surface area contributed by atoms with Gasteiger partial charge >= 0.3 is 11.7 Å². The number of rotatable bonds is 5. The highest BCUT2D eigenvalue weighted by Crippen LogP contribution is 2.40. The highest BCUT2D eigenvalue weighted by Gasteiger charge is 2.48. The van der Waals surface area contributed by atoms with Crippen molar-refractivity contribution in [2.24, 2.45) is 0 Å². The molecule has 1 aromatic heterocycles. The Hall–Kier alpha value is -2.38. The molecule has 1 aliphatic rings. The predicted molar refractivity (Wildman–Crippen MR) is 74.7 cm³/mol. The molecule has 1 fully saturated rings. The summed E-state index contributed by atoms with van der Waals surface area (Å²) >= 11 is 0. The summed E-state index contributed by atoms with van der Waals surface area (Å²) < 4.78 is 5.00. The lowest BCUT2D eigenvalue weighted by Crippen LogP contribution is -2.50. The van der Waals surface area contributed by atoms with E-state index in [1.807, 2.05) is 0 Å². The van der Waals surface area contributed by atoms with Crippen molar-refractivity contribution in [2.75, 3.05) is 18.6 Å². The van der Waals surface area contributed by atoms with Crippen LogP contribution in [0.15, 0.2) is 12.1 Å². The average Bonchev–Trinajstić information content (AvgIpc) is 2.91. The lowest BCUT2D eigenvalue weighted by Gasteiger charge is -2.34. The van der Waals surface area contributed by atoms with Crippen molar-refractivity contribution in [3.63, 3.8) is 0 Å². The molecule has 0 saturated carbocycles. The Morgan fingerprint density at radius 2 is 2.33 bits per heavy atom. The van der Waals surface area contributed by atoms with Crippen molar-refractivity contribution >= 4 is 17.5 Å². The maximum Gasteiger partial charge on any atom is 0.329 e. The van der Waals surface area contributed by atoms with Gasteiger partial charge in [-0.25, -0.2) is 4.79 Å². The van der Waals surface area contributed by atoms with E-state index in [1.165, 1.54) is 24.1 Å². The summed E-state index contributed by atoms with van der Waals surface area (Å²) in [5, 5.41) is 20.8. The number of carbonyl (C=O) groups is 1. The fourth-order valence-electron chi connectivity index (χ4n) is 2.81. The monoisotopic (exact) mass is 295 g/mol. The number of aliphatic carboxylic acids is 1. The summed E-state index contributed by atoms with van der Waals surface area (Å²) in [5.41, 5.74) is -1.36. The Morgan fingerprint density at radius 3 is 2.86 bits per heavy atom. The van der Waals surface area contributed by atoms with E-state index in [4.69, 9.17) is 4.74 Å². The van der Waals surface area contributed by atoms with E-state index < -0.39 is 16.4 Å². The van der Waals surface area contributed by atoms with E-state index in [9.17, 15) is 20.0 Å². The highest BCUT2D eigenvalue weighted by molar-refractivity contribution is 5.85. The van der Waals surface area contributed by atoms with Gasteiger partial charge in [-0.05, 0) is 19.3 Å². The molecule has 0 bridgehead atoms. The summed E-state index contributed by atoms with van der Waals surface area (Å²) in [6, 6.07) is 2.69. The number of anilines is 1. The number of carboxylic acids is 1. The van der Waals surface area contributed by atoms with Crippen molar-refractivity contribution < 1.29 is 19.6 Å². The molecule has 1 atom stereocenters. The molecule has 8 heteroatoms. The minimum absolute atomic E-state index is 0.0566. The van der Waals surface area contributed by atoms with Gasteiger partial charge in [-0.15, -0.1) is 0 Å². The van der Waals surface area contributed by atoms with Crippen LogP contribution in [0.5, 0.6) is 5.88 Å². The van der Waals surface area contributed by atoms with Crippen LogP contribution >= 0.6 is 0 Å². The second-order valence-corrected chi connectivity index (χ2v) is 4.90. The van der Waals surface area contributed by atoms with Gasteiger partial charge in [0, 0.05) is 18.7 Å². The summed E-state index contributed by atoms with van der Waals surface area (Å²) in [6.45, 7) is 2.18. The Morgan fingerprint density at radius 1 is 1.62 bits per heavy atom. The SMILES string of the molecule is CCC1(C(=O)O)CCCN1c1nc(OC)ccc1[N+](=O)[O-]. The Labute approximate surface area is 121 Å². The van der Waals surface area contributed by atoms with Gasteiger partial charge in [0.05, 0.1) is 12.0 Å². The zero-order valence-electron chi connectivity index (χ0n) is 11.9. The number of ether oxygens (including phenoxy) is 1. The molecule has 1 saturated heterocycles. The lowest BCUT2D eigenvalue weighted by atomic mass is 9.93. The fraction of sp³-hybridized carbons (Fsp3) is 0.538. The third-order valence-electron chi connectivity index (χ3n) is 3.96. The lowest BCUT2D eigenvalue weighted by molar-refractivity contribution is -0.384. The number of hydrogen-bond donors (Lipinski definition) is 1. The summed E-state index contributed by atoms with van der Waals surface area (Å²) in [5.74, 6) is -0.708. The molecular formula is C13H17N3O5. The van der Waals surface area contributed by atoms with Crippen molar-refractivity contribution in [1.82, 2.24) is 4.98 Å². The van der Waals surface area contributed by atoms with Crippen molar-refractivity contribution in [3.05, 3.63) is 22.2 Å². The molecule has 2 rings (SSSR count). The van der Waals surface area contributed by atoms with Crippen LogP contribution in [0.4, 0.5) is 11.5 Å². The molecule has 114 valence electrons. The molecule has 0 radical (unpaired) electrons. The van der Waals surface area contributed by atoms with Gasteiger partial charge in [0.1, 0.15) is 5.54 Å². The first kappa shape index (κ1) is 15.0. The Balaban J connectivity index is 2.58. The smallest absolute Gasteiger partial charge is 0.329 e. The number of nitro groups is 1. The molecular weight excluding hydrogens is 278 g/mol. The third kappa shape index (κ3) is 2.37. The first-order valence-corrected chi connectivity index (χ1v) is 6.66. The average molecular weight is 295 g/mol. The van der Waals surface area contributed by atoms with Crippen LogP contribution < -0.4 is 9.64 Å². The standard InChI is InChI=1S/C13H17N3O5/c1-3-13(12(17)18)7-4-8-15(13)11-9(16(19)20)5-6-10(14-11)21-2/h5-6H,3-4,7-8H2,1-2H3,(H,17,18). The Kier molecular flexibility index (Phi) is 3.97. The molecule has 1 aromatic rings. The van der Waals surface area contributed by atoms with Crippen LogP contribution in [0.25, 0.3) is 0 Å². The Bertz CT molecular complexity index is 577. The van der Waals surface area contributed by atoms with Crippen LogP contribution in [0.2, 0.25) is 0 Å². The van der Waals surface area contributed by atoms with Crippen LogP contribution in [-0.2, 0) is 4.79 Å². The van der Waals surface area contributed by atoms with Gasteiger partial charge < -0.3 is 14.7 Å². The highest BCUT2D eigenvalue weighted by atomic mass is 16.6. The van der Waals surface area contributed by atoms with E-state index in [0.29, 0.717) is 25.8 Å². The second kappa shape index (κ2) is 5.55. The first-order chi connectivity index (χ1) is 9.96. The molecule has 0 aliphatic carbocycles. The molecule has 2 heterocycles. The third-order valence-corrected chi connectivity index (χ3v) is 3.96. The van der Waals surface area contributed by atoms with Crippen LogP contribution in [0, 0.1) is 10.1 Å². The topological polar surface area (TPSA) is 106 Å². The normalized spacial score (nSPS) is 21.3. The molecule has 8 nitrogen and oxygen atoms in total. The number of nitrogens with zero attached hydrogens (tertiary/aromatic N) is 3. The number of pyridine rings is 1. The minimum Gasteiger partial charge on any atom is -0.481 e. The number of aromatic nitrogens is 1. The molecule has 0 amide bonds. The van der Waals surface area contributed by atoms with Crippen molar-refractivity contribution in [3.8, 4) is 5.88 Å². The van der Waals surface area contributed by atoms with Gasteiger partial charge in [-0.2, -0.15) is 4.98 Å². The van der Waals surface area contributed by atoms with Crippen LogP contribution in [0.3, 0.4) is 0 Å². The number of carboxylic acid groups (broad SMARTS) is 1. The van der Waals surface area contributed by atoms with E-state index in [-0.39, 0.29) is 17.4 Å². The summed E-state index contributed by atoms with van der Waals surface area (Å²) in [6.07, 6.45) is 1.43. The number of hydrogen-bond acceptors (Lipinski definition) is 6. The quantitative estimate of drug-likeness (QED) is 0.652. The van der Waals surface area contributed by atoms with Crippen LogP contribution in [-0.4, -0.2) is 40.2 Å². The number of methoxy groups -OCH3 is 1.